The molecule has 19 heavy (non-hydrogen) atoms. The van der Waals surface area contributed by atoms with Crippen molar-refractivity contribution in [2.75, 3.05) is 11.5 Å². The van der Waals surface area contributed by atoms with E-state index in [0.717, 1.165) is 0 Å². The van der Waals surface area contributed by atoms with E-state index in [2.05, 4.69) is 0 Å². The Morgan fingerprint density at radius 3 is 2.05 bits per heavy atom. The van der Waals surface area contributed by atoms with Crippen LogP contribution in [-0.4, -0.2) is 38.1 Å². The van der Waals surface area contributed by atoms with Crippen LogP contribution in [-0.2, 0) is 9.84 Å². The third kappa shape index (κ3) is 7.05. The first-order valence-corrected chi connectivity index (χ1v) is 7.64. The largest absolute Gasteiger partial charge is 0.453 e. The molecule has 0 aliphatic carbocycles. The molecule has 0 radical (unpaired) electrons. The summed E-state index contributed by atoms with van der Waals surface area (Å²) in [5, 5.41) is 0. The van der Waals surface area contributed by atoms with Crippen molar-refractivity contribution in [1.82, 2.24) is 0 Å². The number of rotatable bonds is 8. The number of hydrogen-bond donors (Lipinski definition) is 1. The van der Waals surface area contributed by atoms with Gasteiger partial charge in [-0.1, -0.05) is 6.92 Å². The lowest BCUT2D eigenvalue weighted by molar-refractivity contribution is -0.284. The normalized spacial score (nSPS) is 15.5. The van der Waals surface area contributed by atoms with Gasteiger partial charge in [0, 0.05) is 12.5 Å². The van der Waals surface area contributed by atoms with Crippen molar-refractivity contribution >= 4 is 9.84 Å². The average molecular weight is 311 g/mol. The molecule has 0 aromatic carbocycles. The van der Waals surface area contributed by atoms with E-state index < -0.39 is 40.5 Å². The molecule has 0 saturated carbocycles. The summed E-state index contributed by atoms with van der Waals surface area (Å²) in [7, 11) is -3.64. The molecular formula is C10H18F5NO2S. The highest BCUT2D eigenvalue weighted by molar-refractivity contribution is 7.91. The zero-order valence-corrected chi connectivity index (χ0v) is 11.3. The van der Waals surface area contributed by atoms with E-state index in [1.54, 1.807) is 6.92 Å². The first kappa shape index (κ1) is 18.6. The van der Waals surface area contributed by atoms with Gasteiger partial charge in [0.2, 0.25) is 0 Å². The molecule has 9 heteroatoms. The number of nitrogens with two attached hydrogens (primary N) is 1. The van der Waals surface area contributed by atoms with Crippen LogP contribution in [0, 0.1) is 0 Å². The van der Waals surface area contributed by atoms with Crippen molar-refractivity contribution < 1.29 is 30.4 Å². The summed E-state index contributed by atoms with van der Waals surface area (Å²) >= 11 is 0. The number of halogens is 5. The minimum Gasteiger partial charge on any atom is -0.328 e. The molecule has 0 aromatic rings. The summed E-state index contributed by atoms with van der Waals surface area (Å²) in [6.45, 7) is 1.77. The van der Waals surface area contributed by atoms with Gasteiger partial charge in [-0.05, 0) is 19.3 Å². The maximum atomic E-state index is 12.5. The highest BCUT2D eigenvalue weighted by atomic mass is 32.2. The van der Waals surface area contributed by atoms with Crippen LogP contribution in [0.5, 0.6) is 0 Å². The Morgan fingerprint density at radius 2 is 1.63 bits per heavy atom. The van der Waals surface area contributed by atoms with Crippen LogP contribution in [0.25, 0.3) is 0 Å². The van der Waals surface area contributed by atoms with Crippen molar-refractivity contribution in [3.63, 3.8) is 0 Å². The van der Waals surface area contributed by atoms with Gasteiger partial charge in [-0.2, -0.15) is 22.0 Å². The van der Waals surface area contributed by atoms with Crippen LogP contribution >= 0.6 is 0 Å². The molecule has 1 atom stereocenters. The summed E-state index contributed by atoms with van der Waals surface area (Å²) < 4.78 is 83.4. The molecule has 0 aromatic heterocycles. The van der Waals surface area contributed by atoms with Gasteiger partial charge in [0.05, 0.1) is 11.5 Å². The minimum absolute atomic E-state index is 0.175. The first-order valence-electron chi connectivity index (χ1n) is 5.82. The van der Waals surface area contributed by atoms with Gasteiger partial charge in [0.25, 0.3) is 0 Å². The van der Waals surface area contributed by atoms with Crippen LogP contribution in [0.3, 0.4) is 0 Å². The minimum atomic E-state index is -5.64. The Hall–Kier alpha value is -0.440. The maximum Gasteiger partial charge on any atom is 0.453 e. The second kappa shape index (κ2) is 6.83. The van der Waals surface area contributed by atoms with Gasteiger partial charge in [0.1, 0.15) is 9.84 Å². The predicted molar refractivity (Wildman–Crippen MR) is 61.8 cm³/mol. The Morgan fingerprint density at radius 1 is 1.11 bits per heavy atom. The van der Waals surface area contributed by atoms with E-state index in [-0.39, 0.29) is 18.2 Å². The zero-order valence-electron chi connectivity index (χ0n) is 10.5. The molecule has 0 aliphatic rings. The molecule has 0 amide bonds. The van der Waals surface area contributed by atoms with Gasteiger partial charge in [0.15, 0.2) is 0 Å². The molecule has 0 heterocycles. The SMILES string of the molecule is CCC(N)CCS(=O)(=O)CCCC(F)(F)C(F)(F)F. The quantitative estimate of drug-likeness (QED) is 0.701. The van der Waals surface area contributed by atoms with Gasteiger partial charge < -0.3 is 5.73 Å². The molecular weight excluding hydrogens is 293 g/mol. The second-order valence-corrected chi connectivity index (χ2v) is 6.72. The number of hydrogen-bond acceptors (Lipinski definition) is 3. The summed E-state index contributed by atoms with van der Waals surface area (Å²) in [6.07, 6.45) is -7.14. The van der Waals surface area contributed by atoms with Gasteiger partial charge in [-0.25, -0.2) is 8.42 Å². The fourth-order valence-corrected chi connectivity index (χ4v) is 2.74. The molecule has 3 nitrogen and oxygen atoms in total. The molecule has 1 unspecified atom stereocenters. The second-order valence-electron chi connectivity index (χ2n) is 4.41. The molecule has 116 valence electrons. The monoisotopic (exact) mass is 311 g/mol. The van der Waals surface area contributed by atoms with Crippen LogP contribution in [0.2, 0.25) is 0 Å². The summed E-state index contributed by atoms with van der Waals surface area (Å²) in [5.41, 5.74) is 5.50. The molecule has 0 fully saturated rings. The third-order valence-corrected chi connectivity index (χ3v) is 4.45. The van der Waals surface area contributed by atoms with Crippen molar-refractivity contribution in [3.05, 3.63) is 0 Å². The summed E-state index contributed by atoms with van der Waals surface area (Å²) in [6, 6.07) is -0.314. The average Bonchev–Trinajstić information content (AvgIpc) is 2.23. The van der Waals surface area contributed by atoms with E-state index >= 15 is 0 Å². The fraction of sp³-hybridized carbons (Fsp3) is 1.00. The third-order valence-electron chi connectivity index (χ3n) is 2.68. The topological polar surface area (TPSA) is 60.2 Å². The van der Waals surface area contributed by atoms with Crippen molar-refractivity contribution in [2.45, 2.75) is 50.7 Å². The smallest absolute Gasteiger partial charge is 0.328 e. The lowest BCUT2D eigenvalue weighted by Gasteiger charge is -2.19. The van der Waals surface area contributed by atoms with Crippen LogP contribution < -0.4 is 5.73 Å². The molecule has 0 spiro atoms. The van der Waals surface area contributed by atoms with E-state index in [0.29, 0.717) is 6.42 Å². The molecule has 0 rings (SSSR count). The highest BCUT2D eigenvalue weighted by Crippen LogP contribution is 2.38. The Kier molecular flexibility index (Phi) is 6.67. The van der Waals surface area contributed by atoms with Crippen molar-refractivity contribution in [2.24, 2.45) is 5.73 Å². The van der Waals surface area contributed by atoms with Crippen LogP contribution in [0.1, 0.15) is 32.6 Å². The van der Waals surface area contributed by atoms with Gasteiger partial charge >= 0.3 is 12.1 Å². The molecule has 2 N–H and O–H groups in total. The van der Waals surface area contributed by atoms with E-state index in [1.807, 2.05) is 0 Å². The van der Waals surface area contributed by atoms with Gasteiger partial charge in [-0.15, -0.1) is 0 Å². The van der Waals surface area contributed by atoms with Crippen LogP contribution in [0.4, 0.5) is 22.0 Å². The number of sulfone groups is 1. The van der Waals surface area contributed by atoms with Gasteiger partial charge in [-0.3, -0.25) is 0 Å². The predicted octanol–water partition coefficient (Wildman–Crippen LogP) is 2.51. The molecule has 0 saturated heterocycles. The van der Waals surface area contributed by atoms with Crippen molar-refractivity contribution in [1.29, 1.82) is 0 Å². The standard InChI is InChI=1S/C10H18F5NO2S/c1-2-8(16)4-7-19(17,18)6-3-5-9(11,12)10(13,14)15/h8H,2-7,16H2,1H3. The van der Waals surface area contributed by atoms with E-state index in [4.69, 9.17) is 5.73 Å². The lowest BCUT2D eigenvalue weighted by atomic mass is 10.2. The molecule has 0 aliphatic heterocycles. The first-order chi connectivity index (χ1) is 8.41. The maximum absolute atomic E-state index is 12.5. The summed E-state index contributed by atoms with van der Waals surface area (Å²) in [5.74, 6) is -5.82. The Balaban J connectivity index is 4.20. The van der Waals surface area contributed by atoms with Crippen molar-refractivity contribution in [3.8, 4) is 0 Å². The van der Waals surface area contributed by atoms with E-state index in [1.165, 1.54) is 0 Å². The highest BCUT2D eigenvalue weighted by Gasteiger charge is 2.56. The fourth-order valence-electron chi connectivity index (χ4n) is 1.29. The zero-order chi connectivity index (χ0) is 15.3. The lowest BCUT2D eigenvalue weighted by Crippen LogP contribution is -2.36. The molecule has 0 bridgehead atoms. The van der Waals surface area contributed by atoms with Crippen LogP contribution in [0.15, 0.2) is 0 Å². The Bertz CT molecular complexity index is 367. The number of alkyl halides is 5. The Labute approximate surface area is 109 Å². The summed E-state index contributed by atoms with van der Waals surface area (Å²) in [4.78, 5) is 0. The van der Waals surface area contributed by atoms with E-state index in [9.17, 15) is 30.4 Å².